The lowest BCUT2D eigenvalue weighted by Crippen LogP contribution is -2.25. The van der Waals surface area contributed by atoms with Crippen LogP contribution in [-0.2, 0) is 6.42 Å². The molecule has 114 valence electrons. The highest BCUT2D eigenvalue weighted by Crippen LogP contribution is 2.14. The van der Waals surface area contributed by atoms with Gasteiger partial charge in [-0.05, 0) is 44.0 Å². The van der Waals surface area contributed by atoms with Crippen LogP contribution in [0.15, 0.2) is 18.2 Å². The number of hydrogen-bond acceptors (Lipinski definition) is 5. The summed E-state index contributed by atoms with van der Waals surface area (Å²) in [5, 5.41) is 16.3. The fourth-order valence-electron chi connectivity index (χ4n) is 2.12. The first kappa shape index (κ1) is 14.6. The summed E-state index contributed by atoms with van der Waals surface area (Å²) in [4.78, 5) is 12.9. The second kappa shape index (κ2) is 5.84. The van der Waals surface area contributed by atoms with Crippen molar-refractivity contribution in [2.24, 2.45) is 0 Å². The van der Waals surface area contributed by atoms with Crippen LogP contribution in [0.4, 0.5) is 0 Å². The van der Waals surface area contributed by atoms with Gasteiger partial charge < -0.3 is 5.32 Å². The van der Waals surface area contributed by atoms with E-state index in [4.69, 9.17) is 0 Å². The van der Waals surface area contributed by atoms with Crippen molar-refractivity contribution in [3.8, 4) is 0 Å². The third-order valence-corrected chi connectivity index (χ3v) is 4.54. The van der Waals surface area contributed by atoms with Gasteiger partial charge in [0, 0.05) is 18.5 Å². The van der Waals surface area contributed by atoms with E-state index in [9.17, 15) is 4.79 Å². The van der Waals surface area contributed by atoms with E-state index in [1.165, 1.54) is 16.9 Å². The van der Waals surface area contributed by atoms with Crippen molar-refractivity contribution in [2.75, 3.05) is 6.54 Å². The van der Waals surface area contributed by atoms with E-state index in [1.54, 1.807) is 4.52 Å². The molecule has 3 rings (SSSR count). The van der Waals surface area contributed by atoms with Crippen LogP contribution in [0.25, 0.3) is 4.96 Å². The van der Waals surface area contributed by atoms with E-state index in [1.807, 2.05) is 39.0 Å². The Morgan fingerprint density at radius 1 is 1.23 bits per heavy atom. The van der Waals surface area contributed by atoms with Crippen LogP contribution in [0.2, 0.25) is 0 Å². The molecule has 0 bridgehead atoms. The van der Waals surface area contributed by atoms with Crippen LogP contribution in [0.1, 0.15) is 32.3 Å². The molecule has 22 heavy (non-hydrogen) atoms. The number of amides is 1. The molecule has 2 aromatic heterocycles. The number of aromatic nitrogens is 4. The van der Waals surface area contributed by atoms with E-state index in [0.29, 0.717) is 18.5 Å². The van der Waals surface area contributed by atoms with Gasteiger partial charge in [-0.2, -0.15) is 9.61 Å². The van der Waals surface area contributed by atoms with Gasteiger partial charge in [0.25, 0.3) is 5.91 Å². The van der Waals surface area contributed by atoms with Crippen LogP contribution in [0.3, 0.4) is 0 Å². The summed E-state index contributed by atoms with van der Waals surface area (Å²) < 4.78 is 1.73. The minimum atomic E-state index is -0.0534. The Morgan fingerprint density at radius 2 is 2.05 bits per heavy atom. The van der Waals surface area contributed by atoms with Crippen molar-refractivity contribution in [3.05, 3.63) is 45.7 Å². The molecule has 0 saturated heterocycles. The maximum absolute atomic E-state index is 12.1. The standard InChI is InChI=1S/C15H17N5OS/c1-9-4-5-12(8-10(9)2)14(21)16-7-6-13-19-20-11(3)17-18-15(20)22-13/h4-5,8H,6-7H2,1-3H3,(H,16,21). The van der Waals surface area contributed by atoms with Gasteiger partial charge in [-0.1, -0.05) is 17.4 Å². The second-order valence-electron chi connectivity index (χ2n) is 5.24. The van der Waals surface area contributed by atoms with Crippen molar-refractivity contribution < 1.29 is 4.79 Å². The number of hydrogen-bond donors (Lipinski definition) is 1. The van der Waals surface area contributed by atoms with E-state index >= 15 is 0 Å². The summed E-state index contributed by atoms with van der Waals surface area (Å²) in [6, 6.07) is 5.73. The number of nitrogens with one attached hydrogen (secondary N) is 1. The van der Waals surface area contributed by atoms with Gasteiger partial charge in [0.1, 0.15) is 5.01 Å². The molecule has 1 aromatic carbocycles. The molecule has 3 aromatic rings. The highest BCUT2D eigenvalue weighted by atomic mass is 32.1. The average molecular weight is 315 g/mol. The minimum absolute atomic E-state index is 0.0534. The fourth-order valence-corrected chi connectivity index (χ4v) is 3.00. The molecule has 0 saturated carbocycles. The number of aryl methyl sites for hydroxylation is 3. The highest BCUT2D eigenvalue weighted by molar-refractivity contribution is 7.16. The lowest BCUT2D eigenvalue weighted by molar-refractivity contribution is 0.0954. The monoisotopic (exact) mass is 315 g/mol. The largest absolute Gasteiger partial charge is 0.352 e. The van der Waals surface area contributed by atoms with Gasteiger partial charge >= 0.3 is 0 Å². The lowest BCUT2D eigenvalue weighted by atomic mass is 10.1. The van der Waals surface area contributed by atoms with Crippen molar-refractivity contribution in [3.63, 3.8) is 0 Å². The molecule has 1 N–H and O–H groups in total. The first-order valence-corrected chi connectivity index (χ1v) is 7.89. The Labute approximate surface area is 132 Å². The Morgan fingerprint density at radius 3 is 2.77 bits per heavy atom. The van der Waals surface area contributed by atoms with Crippen LogP contribution in [-0.4, -0.2) is 32.3 Å². The molecule has 0 aliphatic rings. The Hall–Kier alpha value is -2.28. The molecule has 0 fully saturated rings. The summed E-state index contributed by atoms with van der Waals surface area (Å²) in [5.74, 6) is 0.721. The third kappa shape index (κ3) is 2.85. The van der Waals surface area contributed by atoms with Gasteiger partial charge in [-0.15, -0.1) is 10.2 Å². The van der Waals surface area contributed by atoms with Gasteiger partial charge in [0.05, 0.1) is 0 Å². The van der Waals surface area contributed by atoms with Crippen LogP contribution in [0, 0.1) is 20.8 Å². The predicted molar refractivity (Wildman–Crippen MR) is 85.3 cm³/mol. The third-order valence-electron chi connectivity index (χ3n) is 3.58. The van der Waals surface area contributed by atoms with E-state index < -0.39 is 0 Å². The number of carbonyl (C=O) groups is 1. The molecule has 6 nitrogen and oxygen atoms in total. The SMILES string of the molecule is Cc1ccc(C(=O)NCCc2nn3c(C)nnc3s2)cc1C. The van der Waals surface area contributed by atoms with Crippen molar-refractivity contribution in [2.45, 2.75) is 27.2 Å². The van der Waals surface area contributed by atoms with Gasteiger partial charge in [0.15, 0.2) is 5.82 Å². The summed E-state index contributed by atoms with van der Waals surface area (Å²) in [6.45, 7) is 6.46. The zero-order chi connectivity index (χ0) is 15.7. The minimum Gasteiger partial charge on any atom is -0.352 e. The Bertz CT molecular complexity index is 836. The van der Waals surface area contributed by atoms with Gasteiger partial charge in [-0.25, -0.2) is 0 Å². The molecular formula is C15H17N5OS. The van der Waals surface area contributed by atoms with E-state index in [2.05, 4.69) is 20.6 Å². The second-order valence-corrected chi connectivity index (χ2v) is 6.28. The first-order valence-electron chi connectivity index (χ1n) is 7.08. The van der Waals surface area contributed by atoms with Crippen molar-refractivity contribution in [1.29, 1.82) is 0 Å². The molecular weight excluding hydrogens is 298 g/mol. The molecule has 0 aliphatic carbocycles. The number of fused-ring (bicyclic) bond motifs is 1. The smallest absolute Gasteiger partial charge is 0.251 e. The maximum Gasteiger partial charge on any atom is 0.251 e. The summed E-state index contributed by atoms with van der Waals surface area (Å²) >= 11 is 1.50. The number of nitrogens with zero attached hydrogens (tertiary/aromatic N) is 4. The summed E-state index contributed by atoms with van der Waals surface area (Å²) in [6.07, 6.45) is 0.685. The van der Waals surface area contributed by atoms with Gasteiger partial charge in [-0.3, -0.25) is 4.79 Å². The molecule has 7 heteroatoms. The van der Waals surface area contributed by atoms with E-state index in [-0.39, 0.29) is 5.91 Å². The van der Waals surface area contributed by atoms with Crippen LogP contribution < -0.4 is 5.32 Å². The molecule has 1 amide bonds. The van der Waals surface area contributed by atoms with Crippen molar-refractivity contribution >= 4 is 22.2 Å². The normalized spacial score (nSPS) is 11.0. The molecule has 0 aliphatic heterocycles. The lowest BCUT2D eigenvalue weighted by Gasteiger charge is -2.06. The van der Waals surface area contributed by atoms with Crippen molar-refractivity contribution in [1.82, 2.24) is 25.1 Å². The summed E-state index contributed by atoms with van der Waals surface area (Å²) in [5.41, 5.74) is 3.00. The molecule has 0 spiro atoms. The Kier molecular flexibility index (Phi) is 3.89. The summed E-state index contributed by atoms with van der Waals surface area (Å²) in [7, 11) is 0. The van der Waals surface area contributed by atoms with Crippen LogP contribution >= 0.6 is 11.3 Å². The fraction of sp³-hybridized carbons (Fsp3) is 0.333. The average Bonchev–Trinajstić information content (AvgIpc) is 3.04. The topological polar surface area (TPSA) is 72.2 Å². The molecule has 0 unspecified atom stereocenters. The highest BCUT2D eigenvalue weighted by Gasteiger charge is 2.10. The predicted octanol–water partition coefficient (Wildman–Crippen LogP) is 2.08. The van der Waals surface area contributed by atoms with Gasteiger partial charge in [0.2, 0.25) is 4.96 Å². The zero-order valence-electron chi connectivity index (χ0n) is 12.8. The first-order chi connectivity index (χ1) is 10.5. The zero-order valence-corrected chi connectivity index (χ0v) is 13.6. The molecule has 0 radical (unpaired) electrons. The van der Waals surface area contributed by atoms with E-state index in [0.717, 1.165) is 21.4 Å². The molecule has 2 heterocycles. The quantitative estimate of drug-likeness (QED) is 0.800. The van der Waals surface area contributed by atoms with Crippen LogP contribution in [0.5, 0.6) is 0 Å². The number of rotatable bonds is 4. The Balaban J connectivity index is 1.60. The number of benzene rings is 1. The molecule has 0 atom stereocenters. The number of carbonyl (C=O) groups excluding carboxylic acids is 1. The maximum atomic E-state index is 12.1.